The molecule has 1 N–H and O–H groups in total. The average Bonchev–Trinajstić information content (AvgIpc) is 2.82. The Balaban J connectivity index is 1.74. The molecule has 0 saturated carbocycles. The molecule has 5 heteroatoms. The molecule has 1 heterocycles. The molecule has 0 unspecified atom stereocenters. The second kappa shape index (κ2) is 7.42. The summed E-state index contributed by atoms with van der Waals surface area (Å²) in [5.41, 5.74) is 2.12. The zero-order valence-corrected chi connectivity index (χ0v) is 13.3. The van der Waals surface area contributed by atoms with Gasteiger partial charge in [0, 0.05) is 18.9 Å². The minimum atomic E-state index is -0.785. The van der Waals surface area contributed by atoms with Crippen molar-refractivity contribution in [2.45, 2.75) is 32.2 Å². The van der Waals surface area contributed by atoms with E-state index in [2.05, 4.69) is 32.1 Å². The molecule has 0 saturated heterocycles. The van der Waals surface area contributed by atoms with Crippen molar-refractivity contribution < 1.29 is 9.90 Å². The van der Waals surface area contributed by atoms with Crippen molar-refractivity contribution in [3.63, 3.8) is 0 Å². The van der Waals surface area contributed by atoms with Gasteiger partial charge in [0.05, 0.1) is 6.42 Å². The largest absolute Gasteiger partial charge is 0.481 e. The molecule has 0 atom stereocenters. The Hall–Kier alpha value is -1.37. The number of carboxylic acids is 1. The van der Waals surface area contributed by atoms with Crippen LogP contribution in [0.3, 0.4) is 0 Å². The number of carboxylic acid groups (broad SMARTS) is 1. The molecule has 2 rings (SSSR count). The Labute approximate surface area is 132 Å². The molecule has 20 heavy (non-hydrogen) atoms. The van der Waals surface area contributed by atoms with Crippen LogP contribution in [-0.4, -0.2) is 20.6 Å². The third kappa shape index (κ3) is 4.63. The lowest BCUT2D eigenvalue weighted by molar-refractivity contribution is -0.136. The fraction of sp³-hybridized carbons (Fsp3) is 0.333. The Morgan fingerprint density at radius 1 is 1.20 bits per heavy atom. The number of rotatable bonds is 7. The number of halogens is 1. The number of imidazole rings is 1. The highest BCUT2D eigenvalue weighted by molar-refractivity contribution is 14.1. The standard InChI is InChI=1S/C15H17IN2O2/c16-15-17-8-10-18(15)9-2-1-3-12-4-6-13(7-5-12)11-14(19)20/h4-8,10H,1-3,9,11H2,(H,19,20). The van der Waals surface area contributed by atoms with Gasteiger partial charge in [-0.3, -0.25) is 4.79 Å². The van der Waals surface area contributed by atoms with E-state index in [1.54, 1.807) is 0 Å². The quantitative estimate of drug-likeness (QED) is 0.590. The molecule has 0 aliphatic heterocycles. The van der Waals surface area contributed by atoms with E-state index in [0.717, 1.165) is 35.2 Å². The smallest absolute Gasteiger partial charge is 0.307 e. The Kier molecular flexibility index (Phi) is 5.58. The van der Waals surface area contributed by atoms with Gasteiger partial charge in [-0.1, -0.05) is 24.3 Å². The zero-order valence-electron chi connectivity index (χ0n) is 11.1. The minimum Gasteiger partial charge on any atom is -0.481 e. The van der Waals surface area contributed by atoms with E-state index in [9.17, 15) is 4.79 Å². The van der Waals surface area contributed by atoms with Crippen molar-refractivity contribution in [2.24, 2.45) is 0 Å². The van der Waals surface area contributed by atoms with Gasteiger partial charge >= 0.3 is 5.97 Å². The van der Waals surface area contributed by atoms with Crippen molar-refractivity contribution in [1.29, 1.82) is 0 Å². The molecule has 1 aromatic heterocycles. The van der Waals surface area contributed by atoms with Crippen molar-refractivity contribution >= 4 is 28.6 Å². The van der Waals surface area contributed by atoms with Gasteiger partial charge in [0.1, 0.15) is 0 Å². The summed E-state index contributed by atoms with van der Waals surface area (Å²) in [5.74, 6) is -0.785. The lowest BCUT2D eigenvalue weighted by atomic mass is 10.0. The van der Waals surface area contributed by atoms with Crippen LogP contribution in [0, 0.1) is 3.83 Å². The monoisotopic (exact) mass is 384 g/mol. The maximum atomic E-state index is 10.6. The average molecular weight is 384 g/mol. The third-order valence-electron chi connectivity index (χ3n) is 3.16. The van der Waals surface area contributed by atoms with Crippen LogP contribution in [0.2, 0.25) is 0 Å². The van der Waals surface area contributed by atoms with Crippen molar-refractivity contribution in [1.82, 2.24) is 9.55 Å². The van der Waals surface area contributed by atoms with Crippen molar-refractivity contribution in [2.75, 3.05) is 0 Å². The first-order chi connectivity index (χ1) is 9.65. The first-order valence-electron chi connectivity index (χ1n) is 6.61. The van der Waals surface area contributed by atoms with Crippen LogP contribution in [0.1, 0.15) is 24.0 Å². The van der Waals surface area contributed by atoms with Crippen LogP contribution in [0.4, 0.5) is 0 Å². The number of nitrogens with zero attached hydrogens (tertiary/aromatic N) is 2. The fourth-order valence-corrected chi connectivity index (χ4v) is 2.65. The molecule has 0 aliphatic carbocycles. The number of hydrogen-bond acceptors (Lipinski definition) is 2. The second-order valence-electron chi connectivity index (χ2n) is 4.73. The predicted molar refractivity (Wildman–Crippen MR) is 85.7 cm³/mol. The maximum absolute atomic E-state index is 10.6. The summed E-state index contributed by atoms with van der Waals surface area (Å²) >= 11 is 2.24. The first kappa shape index (κ1) is 15.0. The molecular formula is C15H17IN2O2. The van der Waals surface area contributed by atoms with Gasteiger partial charge in [-0.05, 0) is 53.0 Å². The van der Waals surface area contributed by atoms with Crippen LogP contribution >= 0.6 is 22.6 Å². The zero-order chi connectivity index (χ0) is 14.4. The molecule has 106 valence electrons. The molecule has 2 aromatic rings. The Bertz CT molecular complexity index is 564. The number of aryl methyl sites for hydroxylation is 2. The summed E-state index contributed by atoms with van der Waals surface area (Å²) in [6, 6.07) is 7.86. The molecule has 0 radical (unpaired) electrons. The van der Waals surface area contributed by atoms with Crippen LogP contribution in [0.25, 0.3) is 0 Å². The molecule has 0 aliphatic rings. The van der Waals surface area contributed by atoms with Crippen LogP contribution < -0.4 is 0 Å². The van der Waals surface area contributed by atoms with E-state index in [-0.39, 0.29) is 6.42 Å². The summed E-state index contributed by atoms with van der Waals surface area (Å²) in [5, 5.41) is 8.71. The molecule has 1 aromatic carbocycles. The van der Waals surface area contributed by atoms with Gasteiger partial charge in [-0.25, -0.2) is 4.98 Å². The van der Waals surface area contributed by atoms with Crippen molar-refractivity contribution in [3.05, 3.63) is 51.6 Å². The number of hydrogen-bond donors (Lipinski definition) is 1. The van der Waals surface area contributed by atoms with E-state index < -0.39 is 5.97 Å². The van der Waals surface area contributed by atoms with Gasteiger partial charge in [-0.2, -0.15) is 0 Å². The number of aliphatic carboxylic acids is 1. The summed E-state index contributed by atoms with van der Waals surface area (Å²) in [6.07, 6.45) is 7.18. The lowest BCUT2D eigenvalue weighted by Gasteiger charge is -2.05. The van der Waals surface area contributed by atoms with E-state index in [4.69, 9.17) is 5.11 Å². The minimum absolute atomic E-state index is 0.0966. The highest BCUT2D eigenvalue weighted by Crippen LogP contribution is 2.10. The van der Waals surface area contributed by atoms with Gasteiger partial charge in [0.25, 0.3) is 0 Å². The van der Waals surface area contributed by atoms with E-state index >= 15 is 0 Å². The van der Waals surface area contributed by atoms with Gasteiger partial charge in [0.15, 0.2) is 3.83 Å². The Morgan fingerprint density at radius 2 is 1.90 bits per heavy atom. The summed E-state index contributed by atoms with van der Waals surface area (Å²) in [4.78, 5) is 14.8. The van der Waals surface area contributed by atoms with E-state index in [1.807, 2.05) is 36.7 Å². The van der Waals surface area contributed by atoms with Crippen LogP contribution in [0.15, 0.2) is 36.7 Å². The number of benzene rings is 1. The summed E-state index contributed by atoms with van der Waals surface area (Å²) in [6.45, 7) is 0.995. The topological polar surface area (TPSA) is 55.1 Å². The number of carbonyl (C=O) groups is 1. The normalized spacial score (nSPS) is 10.7. The SMILES string of the molecule is O=C(O)Cc1ccc(CCCCn2ccnc2I)cc1. The van der Waals surface area contributed by atoms with Crippen molar-refractivity contribution in [3.8, 4) is 0 Å². The number of aromatic nitrogens is 2. The van der Waals surface area contributed by atoms with Crippen LogP contribution in [-0.2, 0) is 24.2 Å². The lowest BCUT2D eigenvalue weighted by Crippen LogP contribution is -2.01. The molecule has 0 fully saturated rings. The summed E-state index contributed by atoms with van der Waals surface area (Å²) in [7, 11) is 0. The van der Waals surface area contributed by atoms with Gasteiger partial charge < -0.3 is 9.67 Å². The first-order valence-corrected chi connectivity index (χ1v) is 7.69. The van der Waals surface area contributed by atoms with E-state index in [0.29, 0.717) is 0 Å². The second-order valence-corrected chi connectivity index (χ2v) is 5.70. The molecule has 0 amide bonds. The maximum Gasteiger partial charge on any atom is 0.307 e. The molecule has 4 nitrogen and oxygen atoms in total. The highest BCUT2D eigenvalue weighted by Gasteiger charge is 2.01. The highest BCUT2D eigenvalue weighted by atomic mass is 127. The molecule has 0 spiro atoms. The fourth-order valence-electron chi connectivity index (χ4n) is 2.09. The summed E-state index contributed by atoms with van der Waals surface area (Å²) < 4.78 is 3.18. The molecule has 0 bridgehead atoms. The van der Waals surface area contributed by atoms with E-state index in [1.165, 1.54) is 5.56 Å². The predicted octanol–water partition coefficient (Wildman–Crippen LogP) is 3.14. The number of unbranched alkanes of at least 4 members (excludes halogenated alkanes) is 1. The van der Waals surface area contributed by atoms with Gasteiger partial charge in [0.2, 0.25) is 0 Å². The Morgan fingerprint density at radius 3 is 2.50 bits per heavy atom. The van der Waals surface area contributed by atoms with Crippen LogP contribution in [0.5, 0.6) is 0 Å². The third-order valence-corrected chi connectivity index (χ3v) is 4.06. The van der Waals surface area contributed by atoms with Gasteiger partial charge in [-0.15, -0.1) is 0 Å². The molecular weight excluding hydrogens is 367 g/mol.